The number of rotatable bonds is 19. The van der Waals surface area contributed by atoms with Gasteiger partial charge in [0.1, 0.15) is 6.04 Å². The van der Waals surface area contributed by atoms with Crippen LogP contribution in [0.1, 0.15) is 53.9 Å². The highest BCUT2D eigenvalue weighted by atomic mass is 32.2. The molecule has 3 N–H and O–H groups in total. The monoisotopic (exact) mass is 701 g/mol. The van der Waals surface area contributed by atoms with E-state index in [-0.39, 0.29) is 36.7 Å². The zero-order valence-corrected chi connectivity index (χ0v) is 29.9. The molecule has 0 radical (unpaired) electrons. The first-order chi connectivity index (χ1) is 24.1. The molecular weight excluding hydrogens is 655 g/mol. The first kappa shape index (κ1) is 38.1. The van der Waals surface area contributed by atoms with Crippen LogP contribution in [0.4, 0.5) is 0 Å². The van der Waals surface area contributed by atoms with Crippen LogP contribution in [0.15, 0.2) is 79.3 Å². The van der Waals surface area contributed by atoms with E-state index >= 15 is 0 Å². The van der Waals surface area contributed by atoms with Crippen molar-refractivity contribution in [3.8, 4) is 0 Å². The van der Waals surface area contributed by atoms with Crippen molar-refractivity contribution in [2.24, 2.45) is 5.92 Å². The van der Waals surface area contributed by atoms with E-state index in [1.807, 2.05) is 64.3 Å². The number of hydrogen-bond acceptors (Lipinski definition) is 8. The fourth-order valence-electron chi connectivity index (χ4n) is 5.84. The summed E-state index contributed by atoms with van der Waals surface area (Å²) in [6, 6.07) is 20.0. The Hall–Kier alpha value is -4.68. The van der Waals surface area contributed by atoms with Gasteiger partial charge in [0.05, 0.1) is 32.0 Å². The minimum Gasteiger partial charge on any atom is -0.480 e. The Labute approximate surface area is 297 Å². The number of methoxy groups -OCH3 is 1. The summed E-state index contributed by atoms with van der Waals surface area (Å²) in [5.74, 6) is -1.31. The molecule has 4 rings (SSSR count). The predicted octanol–water partition coefficient (Wildman–Crippen LogP) is 4.77. The second-order valence-corrected chi connectivity index (χ2v) is 13.5. The average Bonchev–Trinajstić information content (AvgIpc) is 3.54. The SMILES string of the molecule is CCC(C)C(CN(CC(=O)NC(CCSC)C(=O)O)Cc1cccc2ccccc12)NC(=O)Cc1cncn1Cc1ccc(C(=O)OC)cc1. The van der Waals surface area contributed by atoms with Gasteiger partial charge >= 0.3 is 11.9 Å². The molecule has 3 unspecified atom stereocenters. The number of aliphatic carboxylic acids is 1. The lowest BCUT2D eigenvalue weighted by molar-refractivity contribution is -0.142. The van der Waals surface area contributed by atoms with Crippen molar-refractivity contribution in [2.45, 2.75) is 58.3 Å². The van der Waals surface area contributed by atoms with Crippen LogP contribution in [0.2, 0.25) is 0 Å². The number of fused-ring (bicyclic) bond motifs is 1. The minimum absolute atomic E-state index is 0.0311. The van der Waals surface area contributed by atoms with Crippen LogP contribution in [0, 0.1) is 5.92 Å². The number of amides is 2. The predicted molar refractivity (Wildman–Crippen MR) is 196 cm³/mol. The Morgan fingerprint density at radius 3 is 2.44 bits per heavy atom. The third kappa shape index (κ3) is 10.9. The normalized spacial score (nSPS) is 13.1. The topological polar surface area (TPSA) is 143 Å². The van der Waals surface area contributed by atoms with Gasteiger partial charge in [-0.1, -0.05) is 74.9 Å². The van der Waals surface area contributed by atoms with Crippen molar-refractivity contribution < 1.29 is 29.0 Å². The number of aromatic nitrogens is 2. The molecule has 0 saturated heterocycles. The maximum Gasteiger partial charge on any atom is 0.337 e. The second kappa shape index (κ2) is 18.9. The summed E-state index contributed by atoms with van der Waals surface area (Å²) < 4.78 is 6.68. The number of carboxylic acid groups (broad SMARTS) is 1. The van der Waals surface area contributed by atoms with Crippen LogP contribution in [0.3, 0.4) is 0 Å². The molecule has 0 aliphatic rings. The van der Waals surface area contributed by atoms with Gasteiger partial charge in [-0.3, -0.25) is 14.5 Å². The van der Waals surface area contributed by atoms with Crippen LogP contribution in [-0.2, 0) is 38.6 Å². The van der Waals surface area contributed by atoms with Gasteiger partial charge in [-0.2, -0.15) is 11.8 Å². The lowest BCUT2D eigenvalue weighted by Crippen LogP contribution is -2.51. The van der Waals surface area contributed by atoms with Crippen molar-refractivity contribution in [3.63, 3.8) is 0 Å². The molecule has 1 aromatic heterocycles. The quantitative estimate of drug-likeness (QED) is 0.118. The summed E-state index contributed by atoms with van der Waals surface area (Å²) in [5, 5.41) is 17.8. The molecular formula is C38H47N5O6S. The fraction of sp³-hybridized carbons (Fsp3) is 0.395. The van der Waals surface area contributed by atoms with Gasteiger partial charge in [-0.25, -0.2) is 14.6 Å². The molecule has 0 aliphatic heterocycles. The number of carbonyl (C=O) groups excluding carboxylic acids is 3. The smallest absolute Gasteiger partial charge is 0.337 e. The molecule has 11 nitrogen and oxygen atoms in total. The molecule has 0 fully saturated rings. The molecule has 3 aromatic carbocycles. The Balaban J connectivity index is 1.50. The van der Waals surface area contributed by atoms with E-state index in [4.69, 9.17) is 4.74 Å². The first-order valence-corrected chi connectivity index (χ1v) is 18.2. The maximum atomic E-state index is 13.6. The van der Waals surface area contributed by atoms with Crippen LogP contribution < -0.4 is 10.6 Å². The molecule has 50 heavy (non-hydrogen) atoms. The summed E-state index contributed by atoms with van der Waals surface area (Å²) in [7, 11) is 1.34. The summed E-state index contributed by atoms with van der Waals surface area (Å²) in [4.78, 5) is 56.9. The molecule has 1 heterocycles. The highest BCUT2D eigenvalue weighted by molar-refractivity contribution is 7.98. The molecule has 266 valence electrons. The van der Waals surface area contributed by atoms with Crippen molar-refractivity contribution in [2.75, 3.05) is 32.2 Å². The number of ether oxygens (including phenoxy) is 1. The summed E-state index contributed by atoms with van der Waals surface area (Å²) in [6.07, 6.45) is 6.48. The molecule has 2 amide bonds. The molecule has 0 saturated carbocycles. The lowest BCUT2D eigenvalue weighted by Gasteiger charge is -2.31. The number of imidazole rings is 1. The van der Waals surface area contributed by atoms with Crippen LogP contribution >= 0.6 is 11.8 Å². The molecule has 0 spiro atoms. The summed E-state index contributed by atoms with van der Waals surface area (Å²) in [6.45, 7) is 5.40. The van der Waals surface area contributed by atoms with E-state index in [1.165, 1.54) is 18.9 Å². The highest BCUT2D eigenvalue weighted by Crippen LogP contribution is 2.21. The number of esters is 1. The van der Waals surface area contributed by atoms with E-state index in [0.29, 0.717) is 37.4 Å². The van der Waals surface area contributed by atoms with Gasteiger partial charge in [-0.05, 0) is 58.4 Å². The number of nitrogens with zero attached hydrogens (tertiary/aromatic N) is 3. The Bertz CT molecular complexity index is 1740. The van der Waals surface area contributed by atoms with Crippen LogP contribution in [0.25, 0.3) is 10.8 Å². The van der Waals surface area contributed by atoms with Gasteiger partial charge in [-0.15, -0.1) is 0 Å². The van der Waals surface area contributed by atoms with Crippen molar-refractivity contribution in [1.29, 1.82) is 0 Å². The molecule has 3 atom stereocenters. The van der Waals surface area contributed by atoms with Gasteiger partial charge in [0, 0.05) is 37.6 Å². The highest BCUT2D eigenvalue weighted by Gasteiger charge is 2.26. The number of nitrogens with one attached hydrogen (secondary N) is 2. The molecule has 12 heteroatoms. The number of carboxylic acids is 1. The largest absolute Gasteiger partial charge is 0.480 e. The van der Waals surface area contributed by atoms with Gasteiger partial charge in [0.15, 0.2) is 0 Å². The standard InChI is InChI=1S/C38H47N5O6S/c1-5-26(2)34(41-35(44)19-31-20-39-25-43(31)21-27-13-15-29(16-14-27)38(48)49-3)23-42(24-36(45)40-33(37(46)47)17-18-50-4)22-30-11-8-10-28-9-6-7-12-32(28)30/h6-16,20,25-26,33-34H,5,17-19,21-24H2,1-4H3,(H,40,45)(H,41,44)(H,46,47). The number of thioether (sulfide) groups is 1. The zero-order chi connectivity index (χ0) is 36.0. The zero-order valence-electron chi connectivity index (χ0n) is 29.1. The third-order valence-corrected chi connectivity index (χ3v) is 9.53. The van der Waals surface area contributed by atoms with E-state index in [1.54, 1.807) is 24.7 Å². The van der Waals surface area contributed by atoms with Crippen molar-refractivity contribution >= 4 is 46.3 Å². The van der Waals surface area contributed by atoms with Crippen LogP contribution in [-0.4, -0.2) is 87.6 Å². The van der Waals surface area contributed by atoms with E-state index in [0.717, 1.165) is 34.0 Å². The Kier molecular flexibility index (Phi) is 14.4. The molecule has 0 bridgehead atoms. The second-order valence-electron chi connectivity index (χ2n) is 12.5. The van der Waals surface area contributed by atoms with E-state index in [2.05, 4.69) is 35.5 Å². The fourth-order valence-corrected chi connectivity index (χ4v) is 6.32. The van der Waals surface area contributed by atoms with E-state index < -0.39 is 18.0 Å². The Morgan fingerprint density at radius 2 is 1.74 bits per heavy atom. The van der Waals surface area contributed by atoms with Crippen molar-refractivity contribution in [1.82, 2.24) is 25.1 Å². The number of benzene rings is 3. The molecule has 0 aliphatic carbocycles. The molecule has 4 aromatic rings. The Morgan fingerprint density at radius 1 is 1.00 bits per heavy atom. The van der Waals surface area contributed by atoms with Gasteiger partial charge in [0.25, 0.3) is 0 Å². The van der Waals surface area contributed by atoms with Gasteiger partial charge < -0.3 is 25.0 Å². The maximum absolute atomic E-state index is 13.6. The van der Waals surface area contributed by atoms with Gasteiger partial charge in [0.2, 0.25) is 11.8 Å². The minimum atomic E-state index is -1.06. The summed E-state index contributed by atoms with van der Waals surface area (Å²) >= 11 is 1.53. The third-order valence-electron chi connectivity index (χ3n) is 8.89. The van der Waals surface area contributed by atoms with E-state index in [9.17, 15) is 24.3 Å². The number of hydrogen-bond donors (Lipinski definition) is 3. The number of carbonyl (C=O) groups is 4. The lowest BCUT2D eigenvalue weighted by atomic mass is 9.97. The van der Waals surface area contributed by atoms with Crippen molar-refractivity contribution in [3.05, 3.63) is 102 Å². The first-order valence-electron chi connectivity index (χ1n) is 16.8. The average molecular weight is 702 g/mol. The van der Waals surface area contributed by atoms with Crippen LogP contribution in [0.5, 0.6) is 0 Å². The summed E-state index contributed by atoms with van der Waals surface area (Å²) in [5.41, 5.74) is 3.17.